The molecule has 2 N–H and O–H groups in total. The van der Waals surface area contributed by atoms with Crippen LogP contribution in [-0.2, 0) is 35.1 Å². The van der Waals surface area contributed by atoms with Gasteiger partial charge >= 0.3 is 11.7 Å². The molecule has 8 aromatic rings. The number of esters is 1. The van der Waals surface area contributed by atoms with Crippen LogP contribution >= 0.6 is 22.9 Å². The van der Waals surface area contributed by atoms with E-state index in [0.717, 1.165) is 22.3 Å². The number of halogens is 1. The highest BCUT2D eigenvalue weighted by atomic mass is 35.5. The summed E-state index contributed by atoms with van der Waals surface area (Å²) in [5.74, 6) is 1.13. The van der Waals surface area contributed by atoms with Crippen molar-refractivity contribution in [2.75, 3.05) is 67.0 Å². The van der Waals surface area contributed by atoms with Crippen molar-refractivity contribution in [3.8, 4) is 21.9 Å². The topological polar surface area (TPSA) is 243 Å². The molecule has 0 radical (unpaired) electrons. The number of pyridine rings is 2. The second-order valence-corrected chi connectivity index (χ2v) is 19.3. The molecule has 23 heteroatoms. The molecule has 6 aromatic heterocycles. The molecule has 1 aliphatic heterocycles. The van der Waals surface area contributed by atoms with E-state index in [1.807, 2.05) is 81.7 Å². The summed E-state index contributed by atoms with van der Waals surface area (Å²) in [6.45, 7) is 11.1. The molecule has 0 saturated heterocycles. The number of imidazole rings is 1. The fourth-order valence-electron chi connectivity index (χ4n) is 9.27. The van der Waals surface area contributed by atoms with E-state index in [2.05, 4.69) is 31.0 Å². The van der Waals surface area contributed by atoms with E-state index in [-0.39, 0.29) is 57.7 Å². The zero-order chi connectivity index (χ0) is 53.6. The van der Waals surface area contributed by atoms with Crippen LogP contribution in [-0.4, -0.2) is 129 Å². The average Bonchev–Trinajstić information content (AvgIpc) is 4.15. The molecule has 21 nitrogen and oxygen atoms in total. The Bertz CT molecular complexity index is 3510. The molecule has 0 bridgehead atoms. The number of amides is 2. The van der Waals surface area contributed by atoms with Gasteiger partial charge in [0, 0.05) is 46.4 Å². The van der Waals surface area contributed by atoms with Gasteiger partial charge in [0.1, 0.15) is 34.9 Å². The highest BCUT2D eigenvalue weighted by molar-refractivity contribution is 7.17. The maximum absolute atomic E-state index is 14.4. The number of hydrogen-bond donors (Lipinski definition) is 2. The molecule has 396 valence electrons. The maximum Gasteiger partial charge on any atom is 0.330 e. The minimum Gasteiger partial charge on any atom is -0.496 e. The molecule has 1 aliphatic rings. The van der Waals surface area contributed by atoms with Crippen LogP contribution in [0.4, 0.5) is 0 Å². The Morgan fingerprint density at radius 3 is 2.28 bits per heavy atom. The Kier molecular flexibility index (Phi) is 16.5. The number of aromatic nitrogens is 8. The zero-order valence-corrected chi connectivity index (χ0v) is 44.5. The minimum absolute atomic E-state index is 0.0485. The summed E-state index contributed by atoms with van der Waals surface area (Å²) in [5.41, 5.74) is 7.01. The Labute approximate surface area is 445 Å². The smallest absolute Gasteiger partial charge is 0.330 e. The van der Waals surface area contributed by atoms with E-state index in [1.165, 1.54) is 23.0 Å². The van der Waals surface area contributed by atoms with Crippen LogP contribution in [0.3, 0.4) is 0 Å². The molecular weight excluding hydrogens is 1020 g/mol. The van der Waals surface area contributed by atoms with Crippen LogP contribution in [0, 0.1) is 27.7 Å². The van der Waals surface area contributed by atoms with Crippen molar-refractivity contribution in [2.45, 2.75) is 59.7 Å². The Balaban J connectivity index is 0.743. The van der Waals surface area contributed by atoms with Gasteiger partial charge in [0.2, 0.25) is 5.91 Å². The molecular formula is C53H56ClN11O10S. The van der Waals surface area contributed by atoms with Crippen molar-refractivity contribution < 1.29 is 42.6 Å². The van der Waals surface area contributed by atoms with Crippen molar-refractivity contribution >= 4 is 68.4 Å². The molecule has 2 amide bonds. The number of nitrogens with zero attached hydrogens (tertiary/aromatic N) is 9. The van der Waals surface area contributed by atoms with Gasteiger partial charge < -0.3 is 38.8 Å². The lowest BCUT2D eigenvalue weighted by atomic mass is 9.99. The fraction of sp³-hybridized carbons (Fsp3) is 0.358. The van der Waals surface area contributed by atoms with Gasteiger partial charge in [-0.25, -0.2) is 4.79 Å². The highest BCUT2D eigenvalue weighted by Crippen LogP contribution is 2.41. The first-order valence-corrected chi connectivity index (χ1v) is 25.7. The van der Waals surface area contributed by atoms with E-state index >= 15 is 0 Å². The molecule has 2 atom stereocenters. The van der Waals surface area contributed by atoms with Crippen molar-refractivity contribution in [2.24, 2.45) is 4.99 Å². The lowest BCUT2D eigenvalue weighted by Gasteiger charge is -2.15. The second kappa shape index (κ2) is 23.5. The van der Waals surface area contributed by atoms with Gasteiger partial charge in [0.25, 0.3) is 5.91 Å². The van der Waals surface area contributed by atoms with Crippen LogP contribution in [0.25, 0.3) is 38.1 Å². The van der Waals surface area contributed by atoms with E-state index in [0.29, 0.717) is 102 Å². The predicted molar refractivity (Wildman–Crippen MR) is 284 cm³/mol. The molecule has 7 heterocycles. The first-order valence-electron chi connectivity index (χ1n) is 24.5. The van der Waals surface area contributed by atoms with Gasteiger partial charge in [0.15, 0.2) is 5.82 Å². The van der Waals surface area contributed by atoms with Crippen LogP contribution in [0.5, 0.6) is 5.75 Å². The Morgan fingerprint density at radius 1 is 0.882 bits per heavy atom. The zero-order valence-electron chi connectivity index (χ0n) is 43.0. The summed E-state index contributed by atoms with van der Waals surface area (Å²) < 4.78 is 38.3. The lowest BCUT2D eigenvalue weighted by Crippen LogP contribution is -2.35. The summed E-state index contributed by atoms with van der Waals surface area (Å²) in [7, 11) is 2.91. The monoisotopic (exact) mass is 1070 g/mol. The quantitative estimate of drug-likeness (QED) is 0.0537. The summed E-state index contributed by atoms with van der Waals surface area (Å²) in [6.07, 6.45) is 3.24. The number of carbonyl (C=O) groups excluding carboxylic acids is 3. The first kappa shape index (κ1) is 53.2. The molecule has 76 heavy (non-hydrogen) atoms. The van der Waals surface area contributed by atoms with Crippen LogP contribution in [0.1, 0.15) is 80.6 Å². The van der Waals surface area contributed by atoms with Crippen molar-refractivity contribution in [1.29, 1.82) is 0 Å². The Hall–Kier alpha value is -7.63. The first-order chi connectivity index (χ1) is 36.8. The molecule has 0 saturated carbocycles. The molecule has 0 aliphatic carbocycles. The number of nitrogens with one attached hydrogen (secondary N) is 2. The van der Waals surface area contributed by atoms with E-state index in [1.54, 1.807) is 36.2 Å². The molecule has 1 unspecified atom stereocenters. The number of rotatable bonds is 22. The van der Waals surface area contributed by atoms with Crippen LogP contribution in [0.15, 0.2) is 81.3 Å². The maximum atomic E-state index is 14.4. The number of ether oxygens (including phenoxy) is 5. The van der Waals surface area contributed by atoms with Crippen LogP contribution in [0.2, 0.25) is 5.02 Å². The SMILES string of the molecule is COC(=O)C[C@@H]1N=C(c2ccc(Cl)cc2)c2c(sc(C(=O)NCCOCCOCCOCCNC(=O)Cn3c(=O)n(C(C)c4ccccn4)c4c5cc(OC)c(-c6c(C)noc6C)cc5ncc43)c2C)-n2c(C)nnc21. The largest absolute Gasteiger partial charge is 0.496 e. The number of aliphatic imine (C=N–C) groups is 1. The molecule has 2 aromatic carbocycles. The van der Waals surface area contributed by atoms with Gasteiger partial charge in [-0.2, -0.15) is 0 Å². The third-order valence-corrected chi connectivity index (χ3v) is 14.5. The number of hydrogen-bond acceptors (Lipinski definition) is 17. The van der Waals surface area contributed by atoms with Gasteiger partial charge in [-0.05, 0) is 76.6 Å². The predicted octanol–water partition coefficient (Wildman–Crippen LogP) is 6.60. The number of carbonyl (C=O) groups is 3. The lowest BCUT2D eigenvalue weighted by molar-refractivity contribution is -0.141. The minimum atomic E-state index is -0.684. The number of methoxy groups -OCH3 is 2. The van der Waals surface area contributed by atoms with Gasteiger partial charge in [-0.3, -0.25) is 43.0 Å². The Morgan fingerprint density at radius 2 is 1.61 bits per heavy atom. The molecule has 0 spiro atoms. The molecule has 9 rings (SSSR count). The third-order valence-electron chi connectivity index (χ3n) is 13.0. The molecule has 0 fully saturated rings. The number of aryl methyl sites for hydroxylation is 3. The number of benzene rings is 2. The second-order valence-electron chi connectivity index (χ2n) is 17.8. The van der Waals surface area contributed by atoms with Crippen molar-refractivity contribution in [3.63, 3.8) is 0 Å². The summed E-state index contributed by atoms with van der Waals surface area (Å²) >= 11 is 7.53. The summed E-state index contributed by atoms with van der Waals surface area (Å²) in [4.78, 5) is 68.8. The number of fused-ring (bicyclic) bond motifs is 6. The van der Waals surface area contributed by atoms with Crippen molar-refractivity contribution in [3.05, 3.63) is 133 Å². The highest BCUT2D eigenvalue weighted by Gasteiger charge is 2.34. The van der Waals surface area contributed by atoms with E-state index in [4.69, 9.17) is 49.8 Å². The van der Waals surface area contributed by atoms with Gasteiger partial charge in [0.05, 0.1) is 117 Å². The van der Waals surface area contributed by atoms with E-state index in [9.17, 15) is 19.2 Å². The van der Waals surface area contributed by atoms with Crippen LogP contribution < -0.4 is 21.1 Å². The average molecular weight is 1070 g/mol. The standard InChI is InChI=1S/C53H56ClN11O10S/c1-29-45-47(34-11-13-35(54)14-12-34)59-40(26-44(67)71-7)50-61-60-33(5)65(50)52(45)76-49(29)51(68)57-17-19-73-21-23-74-22-20-72-18-16-56-43(66)28-63-41-27-58-39-24-37(46-30(2)62-75-32(46)4)42(70-6)25-36(39)48(41)64(53(63)69)31(3)38-10-8-9-15-55-38/h8-15,24-25,27,31,40H,16-23,26,28H2,1-7H3,(H,56,66)(H,57,68)/t31?,40-/m0/s1. The fourth-order valence-corrected chi connectivity index (χ4v) is 10.7. The van der Waals surface area contributed by atoms with Gasteiger partial charge in [-0.1, -0.05) is 35.0 Å². The summed E-state index contributed by atoms with van der Waals surface area (Å²) in [5, 5.41) is 20.6. The summed E-state index contributed by atoms with van der Waals surface area (Å²) in [6, 6.07) is 15.3. The normalized spacial score (nSPS) is 13.5. The number of thiophene rings is 1. The third kappa shape index (κ3) is 10.9. The van der Waals surface area contributed by atoms with E-state index < -0.39 is 23.7 Å². The van der Waals surface area contributed by atoms with Crippen molar-refractivity contribution in [1.82, 2.24) is 49.7 Å². The van der Waals surface area contributed by atoms with Gasteiger partial charge in [-0.15, -0.1) is 21.5 Å².